The van der Waals surface area contributed by atoms with Gasteiger partial charge in [0.15, 0.2) is 0 Å². The summed E-state index contributed by atoms with van der Waals surface area (Å²) < 4.78 is 5.63. The molecule has 5 heteroatoms. The van der Waals surface area contributed by atoms with E-state index in [9.17, 15) is 4.79 Å². The van der Waals surface area contributed by atoms with Gasteiger partial charge in [0.1, 0.15) is 11.8 Å². The highest BCUT2D eigenvalue weighted by Crippen LogP contribution is 2.23. The van der Waals surface area contributed by atoms with Crippen LogP contribution in [0.3, 0.4) is 0 Å². The molecule has 0 fully saturated rings. The Morgan fingerprint density at radius 3 is 2.68 bits per heavy atom. The molecule has 2 aromatic rings. The predicted octanol–water partition coefficient (Wildman–Crippen LogP) is 4.25. The van der Waals surface area contributed by atoms with Crippen molar-refractivity contribution in [3.8, 4) is 11.8 Å². The van der Waals surface area contributed by atoms with Gasteiger partial charge in [-0.05, 0) is 44.2 Å². The Kier molecular flexibility index (Phi) is 5.03. The van der Waals surface area contributed by atoms with Crippen LogP contribution >= 0.6 is 11.6 Å². The van der Waals surface area contributed by atoms with Crippen LogP contribution in [-0.2, 0) is 0 Å². The van der Waals surface area contributed by atoms with Gasteiger partial charge in [-0.3, -0.25) is 4.79 Å². The quantitative estimate of drug-likeness (QED) is 0.917. The maximum atomic E-state index is 12.4. The zero-order valence-corrected chi connectivity index (χ0v) is 13.0. The Morgan fingerprint density at radius 1 is 1.27 bits per heavy atom. The molecule has 22 heavy (non-hydrogen) atoms. The molecule has 0 bridgehead atoms. The van der Waals surface area contributed by atoms with E-state index in [4.69, 9.17) is 21.6 Å². The van der Waals surface area contributed by atoms with Crippen molar-refractivity contribution >= 4 is 23.2 Å². The second-order valence-corrected chi connectivity index (χ2v) is 5.33. The fourth-order valence-corrected chi connectivity index (χ4v) is 2.06. The van der Waals surface area contributed by atoms with Crippen molar-refractivity contribution < 1.29 is 9.53 Å². The highest BCUT2D eigenvalue weighted by molar-refractivity contribution is 6.31. The van der Waals surface area contributed by atoms with Crippen molar-refractivity contribution in [1.29, 1.82) is 5.26 Å². The number of nitrogens with one attached hydrogen (secondary N) is 1. The smallest absolute Gasteiger partial charge is 0.259 e. The van der Waals surface area contributed by atoms with Gasteiger partial charge in [0.05, 0.1) is 22.3 Å². The van der Waals surface area contributed by atoms with Gasteiger partial charge >= 0.3 is 0 Å². The van der Waals surface area contributed by atoms with Crippen molar-refractivity contribution in [3.05, 3.63) is 58.6 Å². The van der Waals surface area contributed by atoms with E-state index >= 15 is 0 Å². The molecule has 0 aliphatic rings. The zero-order valence-electron chi connectivity index (χ0n) is 12.3. The van der Waals surface area contributed by atoms with Gasteiger partial charge in [0.25, 0.3) is 5.91 Å². The average Bonchev–Trinajstić information content (AvgIpc) is 2.49. The molecule has 1 N–H and O–H groups in total. The lowest BCUT2D eigenvalue weighted by Crippen LogP contribution is -2.15. The van der Waals surface area contributed by atoms with Crippen molar-refractivity contribution in [2.45, 2.75) is 20.0 Å². The molecule has 0 aliphatic heterocycles. The number of nitriles is 1. The van der Waals surface area contributed by atoms with E-state index in [1.54, 1.807) is 30.3 Å². The molecule has 2 rings (SSSR count). The van der Waals surface area contributed by atoms with Crippen molar-refractivity contribution in [2.75, 3.05) is 5.32 Å². The number of carbonyl (C=O) groups is 1. The first-order chi connectivity index (χ1) is 10.5. The van der Waals surface area contributed by atoms with E-state index in [1.165, 1.54) is 6.07 Å². The number of nitrogens with zero attached hydrogens (tertiary/aromatic N) is 1. The van der Waals surface area contributed by atoms with E-state index in [0.717, 1.165) is 0 Å². The summed E-state index contributed by atoms with van der Waals surface area (Å²) in [6.45, 7) is 3.79. The molecule has 2 aromatic carbocycles. The van der Waals surface area contributed by atoms with Crippen LogP contribution in [-0.4, -0.2) is 12.0 Å². The molecule has 0 heterocycles. The number of carbonyl (C=O) groups excluding carboxylic acids is 1. The number of anilines is 1. The van der Waals surface area contributed by atoms with Crippen molar-refractivity contribution in [1.82, 2.24) is 0 Å². The van der Waals surface area contributed by atoms with Gasteiger partial charge in [-0.25, -0.2) is 0 Å². The first-order valence-corrected chi connectivity index (χ1v) is 7.15. The van der Waals surface area contributed by atoms with E-state index in [1.807, 2.05) is 26.0 Å². The number of rotatable bonds is 4. The van der Waals surface area contributed by atoms with Gasteiger partial charge in [0.2, 0.25) is 0 Å². The molecule has 4 nitrogen and oxygen atoms in total. The minimum atomic E-state index is -0.303. The summed E-state index contributed by atoms with van der Waals surface area (Å²) in [5.41, 5.74) is 1.25. The first kappa shape index (κ1) is 15.9. The Labute approximate surface area is 134 Å². The third-order valence-corrected chi connectivity index (χ3v) is 3.17. The lowest BCUT2D eigenvalue weighted by molar-refractivity contribution is 0.102. The van der Waals surface area contributed by atoms with E-state index in [-0.39, 0.29) is 12.0 Å². The number of benzene rings is 2. The highest BCUT2D eigenvalue weighted by atomic mass is 35.5. The molecule has 0 radical (unpaired) electrons. The SMILES string of the molecule is CC(C)Oc1ccccc1C(=O)Nc1ccc(Cl)c(C#N)c1. The van der Waals surface area contributed by atoms with Gasteiger partial charge in [0, 0.05) is 5.69 Å². The fourth-order valence-electron chi connectivity index (χ4n) is 1.90. The second-order valence-electron chi connectivity index (χ2n) is 4.92. The van der Waals surface area contributed by atoms with Crippen LogP contribution in [0.15, 0.2) is 42.5 Å². The van der Waals surface area contributed by atoms with Crippen LogP contribution in [0.5, 0.6) is 5.75 Å². The Morgan fingerprint density at radius 2 is 2.00 bits per heavy atom. The topological polar surface area (TPSA) is 62.1 Å². The number of para-hydroxylation sites is 1. The number of ether oxygens (including phenoxy) is 1. The Hall–Kier alpha value is -2.51. The lowest BCUT2D eigenvalue weighted by atomic mass is 10.1. The minimum absolute atomic E-state index is 0.0327. The summed E-state index contributed by atoms with van der Waals surface area (Å²) in [6.07, 6.45) is -0.0327. The molecule has 1 amide bonds. The summed E-state index contributed by atoms with van der Waals surface area (Å²) in [5, 5.41) is 12.1. The van der Waals surface area contributed by atoms with Crippen molar-refractivity contribution in [3.63, 3.8) is 0 Å². The molecule has 0 spiro atoms. The Bertz CT molecular complexity index is 736. The molecule has 0 aliphatic carbocycles. The third-order valence-electron chi connectivity index (χ3n) is 2.84. The summed E-state index contributed by atoms with van der Waals surface area (Å²) in [7, 11) is 0. The normalized spacial score (nSPS) is 10.1. The standard InChI is InChI=1S/C17H15ClN2O2/c1-11(2)22-16-6-4-3-5-14(16)17(21)20-13-7-8-15(18)12(9-13)10-19/h3-9,11H,1-2H3,(H,20,21). The maximum Gasteiger partial charge on any atom is 0.259 e. The molecule has 0 unspecified atom stereocenters. The molecule has 0 saturated carbocycles. The fraction of sp³-hybridized carbons (Fsp3) is 0.176. The van der Waals surface area contributed by atoms with Gasteiger partial charge in [-0.1, -0.05) is 23.7 Å². The van der Waals surface area contributed by atoms with Crippen LogP contribution < -0.4 is 10.1 Å². The molecule has 0 saturated heterocycles. The molecular formula is C17H15ClN2O2. The highest BCUT2D eigenvalue weighted by Gasteiger charge is 2.14. The van der Waals surface area contributed by atoms with Crippen LogP contribution in [0, 0.1) is 11.3 Å². The summed E-state index contributed by atoms with van der Waals surface area (Å²) in [4.78, 5) is 12.4. The summed E-state index contributed by atoms with van der Waals surface area (Å²) in [5.74, 6) is 0.215. The van der Waals surface area contributed by atoms with Crippen LogP contribution in [0.25, 0.3) is 0 Å². The van der Waals surface area contributed by atoms with Gasteiger partial charge in [-0.15, -0.1) is 0 Å². The largest absolute Gasteiger partial charge is 0.490 e. The predicted molar refractivity (Wildman–Crippen MR) is 86.3 cm³/mol. The third kappa shape index (κ3) is 3.78. The minimum Gasteiger partial charge on any atom is -0.490 e. The molecule has 0 aromatic heterocycles. The number of hydrogen-bond acceptors (Lipinski definition) is 3. The van der Waals surface area contributed by atoms with Gasteiger partial charge in [-0.2, -0.15) is 5.26 Å². The molecule has 0 atom stereocenters. The average molecular weight is 315 g/mol. The van der Waals surface area contributed by atoms with E-state index in [0.29, 0.717) is 27.6 Å². The lowest BCUT2D eigenvalue weighted by Gasteiger charge is -2.14. The second kappa shape index (κ2) is 6.97. The number of amides is 1. The number of hydrogen-bond donors (Lipinski definition) is 1. The summed E-state index contributed by atoms with van der Waals surface area (Å²) in [6, 6.07) is 13.7. The number of halogens is 1. The van der Waals surface area contributed by atoms with Crippen LogP contribution in [0.2, 0.25) is 5.02 Å². The van der Waals surface area contributed by atoms with Crippen LogP contribution in [0.4, 0.5) is 5.69 Å². The Balaban J connectivity index is 2.25. The van der Waals surface area contributed by atoms with E-state index in [2.05, 4.69) is 5.32 Å². The monoisotopic (exact) mass is 314 g/mol. The maximum absolute atomic E-state index is 12.4. The van der Waals surface area contributed by atoms with Crippen molar-refractivity contribution in [2.24, 2.45) is 0 Å². The molecule has 112 valence electrons. The van der Waals surface area contributed by atoms with E-state index < -0.39 is 0 Å². The van der Waals surface area contributed by atoms with Gasteiger partial charge < -0.3 is 10.1 Å². The zero-order chi connectivity index (χ0) is 16.1. The first-order valence-electron chi connectivity index (χ1n) is 6.78. The molecular weight excluding hydrogens is 300 g/mol. The summed E-state index contributed by atoms with van der Waals surface area (Å²) >= 11 is 5.88. The van der Waals surface area contributed by atoms with Crippen LogP contribution in [0.1, 0.15) is 29.8 Å².